The van der Waals surface area contributed by atoms with Crippen LogP contribution in [0.15, 0.2) is 36.5 Å². The van der Waals surface area contributed by atoms with E-state index in [9.17, 15) is 4.79 Å². The molecule has 2 amide bonds. The standard InChI is InChI=1S/C20H29N5O/c1-16-19(15-24(2)23-16)22-20(26)21-14-18-9-12-25(13-10-18)11-8-17-6-4-3-5-7-17/h3-7,15,18H,8-14H2,1-2H3,(H2,21,22,26). The highest BCUT2D eigenvalue weighted by atomic mass is 16.2. The Morgan fingerprint density at radius 3 is 2.62 bits per heavy atom. The minimum atomic E-state index is -0.146. The molecule has 1 aromatic heterocycles. The van der Waals surface area contributed by atoms with Crippen LogP contribution >= 0.6 is 0 Å². The van der Waals surface area contributed by atoms with Gasteiger partial charge in [-0.1, -0.05) is 30.3 Å². The molecule has 2 aromatic rings. The number of aryl methyl sites for hydroxylation is 2. The van der Waals surface area contributed by atoms with E-state index in [2.05, 4.69) is 51.0 Å². The van der Waals surface area contributed by atoms with Crippen LogP contribution in [-0.2, 0) is 13.5 Å². The predicted molar refractivity (Wildman–Crippen MR) is 104 cm³/mol. The lowest BCUT2D eigenvalue weighted by Crippen LogP contribution is -2.40. The summed E-state index contributed by atoms with van der Waals surface area (Å²) in [5.74, 6) is 0.559. The molecule has 6 nitrogen and oxygen atoms in total. The van der Waals surface area contributed by atoms with Crippen LogP contribution in [0.5, 0.6) is 0 Å². The largest absolute Gasteiger partial charge is 0.338 e. The van der Waals surface area contributed by atoms with Crippen molar-refractivity contribution in [3.63, 3.8) is 0 Å². The van der Waals surface area contributed by atoms with E-state index < -0.39 is 0 Å². The number of benzene rings is 1. The lowest BCUT2D eigenvalue weighted by molar-refractivity contribution is 0.184. The second kappa shape index (κ2) is 8.85. The Bertz CT molecular complexity index is 704. The Labute approximate surface area is 155 Å². The molecule has 1 saturated heterocycles. The number of urea groups is 1. The molecule has 26 heavy (non-hydrogen) atoms. The molecule has 3 rings (SSSR count). The van der Waals surface area contributed by atoms with Gasteiger partial charge < -0.3 is 15.5 Å². The molecule has 1 aliphatic heterocycles. The van der Waals surface area contributed by atoms with Gasteiger partial charge in [0.15, 0.2) is 0 Å². The van der Waals surface area contributed by atoms with Crippen LogP contribution in [0.25, 0.3) is 0 Å². The Hall–Kier alpha value is -2.34. The SMILES string of the molecule is Cc1nn(C)cc1NC(=O)NCC1CCN(CCc2ccccc2)CC1. The van der Waals surface area contributed by atoms with Crippen molar-refractivity contribution in [1.29, 1.82) is 0 Å². The maximum atomic E-state index is 12.1. The first-order valence-electron chi connectivity index (χ1n) is 9.41. The van der Waals surface area contributed by atoms with E-state index in [4.69, 9.17) is 0 Å². The summed E-state index contributed by atoms with van der Waals surface area (Å²) in [6.07, 6.45) is 5.21. The van der Waals surface area contributed by atoms with Gasteiger partial charge in [-0.25, -0.2) is 4.79 Å². The van der Waals surface area contributed by atoms with E-state index in [1.54, 1.807) is 4.68 Å². The van der Waals surface area contributed by atoms with Crippen molar-refractivity contribution in [3.8, 4) is 0 Å². The van der Waals surface area contributed by atoms with Gasteiger partial charge in [0.05, 0.1) is 11.4 Å². The number of amides is 2. The van der Waals surface area contributed by atoms with Crippen LogP contribution in [0.4, 0.5) is 10.5 Å². The minimum Gasteiger partial charge on any atom is -0.338 e. The van der Waals surface area contributed by atoms with Crippen LogP contribution in [0.1, 0.15) is 24.1 Å². The topological polar surface area (TPSA) is 62.2 Å². The summed E-state index contributed by atoms with van der Waals surface area (Å²) in [6.45, 7) is 5.97. The van der Waals surface area contributed by atoms with E-state index >= 15 is 0 Å². The molecular formula is C20H29N5O. The fraction of sp³-hybridized carbons (Fsp3) is 0.500. The van der Waals surface area contributed by atoms with Gasteiger partial charge in [-0.15, -0.1) is 0 Å². The molecule has 0 radical (unpaired) electrons. The van der Waals surface area contributed by atoms with Crippen LogP contribution < -0.4 is 10.6 Å². The summed E-state index contributed by atoms with van der Waals surface area (Å²) in [5, 5.41) is 10.1. The van der Waals surface area contributed by atoms with Gasteiger partial charge >= 0.3 is 6.03 Å². The van der Waals surface area contributed by atoms with Crippen molar-refractivity contribution in [1.82, 2.24) is 20.0 Å². The van der Waals surface area contributed by atoms with Crippen LogP contribution in [0, 0.1) is 12.8 Å². The number of hydrogen-bond donors (Lipinski definition) is 2. The first-order chi connectivity index (χ1) is 12.6. The molecule has 140 valence electrons. The third kappa shape index (κ3) is 5.33. The summed E-state index contributed by atoms with van der Waals surface area (Å²) < 4.78 is 1.70. The zero-order valence-electron chi connectivity index (χ0n) is 15.7. The van der Waals surface area contributed by atoms with Gasteiger partial charge in [-0.2, -0.15) is 5.10 Å². The van der Waals surface area contributed by atoms with E-state index in [0.29, 0.717) is 5.92 Å². The highest BCUT2D eigenvalue weighted by Crippen LogP contribution is 2.17. The van der Waals surface area contributed by atoms with Crippen LogP contribution in [0.2, 0.25) is 0 Å². The highest BCUT2D eigenvalue weighted by Gasteiger charge is 2.19. The number of rotatable bonds is 6. The van der Waals surface area contributed by atoms with E-state index in [0.717, 1.165) is 56.8 Å². The minimum absolute atomic E-state index is 0.146. The first-order valence-corrected chi connectivity index (χ1v) is 9.41. The summed E-state index contributed by atoms with van der Waals surface area (Å²) in [4.78, 5) is 14.6. The molecule has 2 heterocycles. The van der Waals surface area contributed by atoms with Gasteiger partial charge in [-0.05, 0) is 50.8 Å². The van der Waals surface area contributed by atoms with Gasteiger partial charge in [0.2, 0.25) is 0 Å². The van der Waals surface area contributed by atoms with Gasteiger partial charge in [0, 0.05) is 26.3 Å². The fourth-order valence-electron chi connectivity index (χ4n) is 3.47. The van der Waals surface area contributed by atoms with Gasteiger partial charge in [-0.3, -0.25) is 4.68 Å². The maximum Gasteiger partial charge on any atom is 0.319 e. The fourth-order valence-corrected chi connectivity index (χ4v) is 3.47. The average molecular weight is 355 g/mol. The van der Waals surface area contributed by atoms with E-state index in [-0.39, 0.29) is 6.03 Å². The number of aromatic nitrogens is 2. The van der Waals surface area contributed by atoms with Crippen LogP contribution in [-0.4, -0.2) is 46.9 Å². The first kappa shape index (κ1) is 18.5. The molecule has 0 atom stereocenters. The molecule has 0 aliphatic carbocycles. The number of hydrogen-bond acceptors (Lipinski definition) is 3. The second-order valence-electron chi connectivity index (χ2n) is 7.16. The summed E-state index contributed by atoms with van der Waals surface area (Å²) >= 11 is 0. The van der Waals surface area contributed by atoms with Gasteiger partial charge in [0.1, 0.15) is 0 Å². The highest BCUT2D eigenvalue weighted by molar-refractivity contribution is 5.89. The maximum absolute atomic E-state index is 12.1. The number of carbonyl (C=O) groups is 1. The van der Waals surface area contributed by atoms with Crippen molar-refractivity contribution in [2.24, 2.45) is 13.0 Å². The second-order valence-corrected chi connectivity index (χ2v) is 7.16. The third-order valence-corrected chi connectivity index (χ3v) is 5.08. The van der Waals surface area contributed by atoms with Crippen molar-refractivity contribution in [2.75, 3.05) is 31.5 Å². The molecule has 0 bridgehead atoms. The number of anilines is 1. The number of carbonyl (C=O) groups excluding carboxylic acids is 1. The average Bonchev–Trinajstić information content (AvgIpc) is 2.97. The number of piperidine rings is 1. The smallest absolute Gasteiger partial charge is 0.319 e. The number of likely N-dealkylation sites (tertiary alicyclic amines) is 1. The summed E-state index contributed by atoms with van der Waals surface area (Å²) in [6, 6.07) is 10.5. The van der Waals surface area contributed by atoms with Gasteiger partial charge in [0.25, 0.3) is 0 Å². The monoisotopic (exact) mass is 355 g/mol. The Balaban J connectivity index is 1.33. The zero-order chi connectivity index (χ0) is 18.4. The Kier molecular flexibility index (Phi) is 6.28. The van der Waals surface area contributed by atoms with Crippen LogP contribution in [0.3, 0.4) is 0 Å². The summed E-state index contributed by atoms with van der Waals surface area (Å²) in [7, 11) is 1.85. The molecule has 1 aromatic carbocycles. The molecular weight excluding hydrogens is 326 g/mol. The van der Waals surface area contributed by atoms with E-state index in [1.165, 1.54) is 5.56 Å². The predicted octanol–water partition coefficient (Wildman–Crippen LogP) is 2.80. The normalized spacial score (nSPS) is 15.8. The van der Waals surface area contributed by atoms with Crippen molar-refractivity contribution < 1.29 is 4.79 Å². The lowest BCUT2D eigenvalue weighted by Gasteiger charge is -2.32. The molecule has 1 fully saturated rings. The molecule has 0 saturated carbocycles. The Morgan fingerprint density at radius 1 is 1.23 bits per heavy atom. The Morgan fingerprint density at radius 2 is 1.96 bits per heavy atom. The molecule has 1 aliphatic rings. The van der Waals surface area contributed by atoms with Crippen molar-refractivity contribution in [3.05, 3.63) is 47.8 Å². The van der Waals surface area contributed by atoms with E-state index in [1.807, 2.05) is 20.2 Å². The van der Waals surface area contributed by atoms with Crippen molar-refractivity contribution in [2.45, 2.75) is 26.2 Å². The lowest BCUT2D eigenvalue weighted by atomic mass is 9.96. The number of nitrogens with one attached hydrogen (secondary N) is 2. The third-order valence-electron chi connectivity index (χ3n) is 5.08. The molecule has 6 heteroatoms. The number of nitrogens with zero attached hydrogens (tertiary/aromatic N) is 3. The molecule has 2 N–H and O–H groups in total. The molecule has 0 unspecified atom stereocenters. The zero-order valence-corrected chi connectivity index (χ0v) is 15.7. The quantitative estimate of drug-likeness (QED) is 0.838. The van der Waals surface area contributed by atoms with Crippen molar-refractivity contribution >= 4 is 11.7 Å². The molecule has 0 spiro atoms. The summed E-state index contributed by atoms with van der Waals surface area (Å²) in [5.41, 5.74) is 2.99.